The summed E-state index contributed by atoms with van der Waals surface area (Å²) in [5.41, 5.74) is 4.78. The van der Waals surface area contributed by atoms with Crippen LogP contribution in [0.3, 0.4) is 0 Å². The highest BCUT2D eigenvalue weighted by molar-refractivity contribution is 5.79. The molecule has 0 heterocycles. The number of likely N-dealkylation sites (N-methyl/N-ethyl adjacent to an activating group) is 1. The van der Waals surface area contributed by atoms with Gasteiger partial charge in [-0.2, -0.15) is 0 Å². The van der Waals surface area contributed by atoms with Crippen molar-refractivity contribution in [2.24, 2.45) is 0 Å². The van der Waals surface area contributed by atoms with E-state index in [0.29, 0.717) is 178 Å². The van der Waals surface area contributed by atoms with Crippen LogP contribution in [-0.4, -0.2) is 202 Å². The molecule has 0 fully saturated rings. The summed E-state index contributed by atoms with van der Waals surface area (Å²) in [6.45, 7) is 14.2. The molecular weight excluding hydrogens is 847 g/mol. The number of hydrogen-bond acceptors (Lipinski definition) is 16. The fourth-order valence-electron chi connectivity index (χ4n) is 6.32. The summed E-state index contributed by atoms with van der Waals surface area (Å²) in [7, 11) is 1.71. The molecule has 0 saturated heterocycles. The Bertz CT molecular complexity index is 1410. The molecule has 0 aromatic heterocycles. The van der Waals surface area contributed by atoms with Gasteiger partial charge in [-0.1, -0.05) is 68.3 Å². The zero-order valence-corrected chi connectivity index (χ0v) is 39.1. The third-order valence-electron chi connectivity index (χ3n) is 9.79. The van der Waals surface area contributed by atoms with Crippen LogP contribution in [0.1, 0.15) is 49.7 Å². The van der Waals surface area contributed by atoms with Gasteiger partial charge in [-0.15, -0.1) is 0 Å². The van der Waals surface area contributed by atoms with Crippen LogP contribution < -0.4 is 0 Å². The summed E-state index contributed by atoms with van der Waals surface area (Å²) in [5, 5.41) is 0. The molecule has 0 atom stereocenters. The molecule has 1 amide bonds. The van der Waals surface area contributed by atoms with Gasteiger partial charge in [-0.3, -0.25) is 4.79 Å². The van der Waals surface area contributed by atoms with Crippen molar-refractivity contribution in [1.29, 1.82) is 0 Å². The second kappa shape index (κ2) is 39.8. The van der Waals surface area contributed by atoms with Gasteiger partial charge in [0, 0.05) is 25.9 Å². The van der Waals surface area contributed by atoms with E-state index in [4.69, 9.17) is 66.3 Å². The molecule has 3 rings (SSSR count). The third-order valence-corrected chi connectivity index (χ3v) is 9.79. The Hall–Kier alpha value is -3.30. The second-order valence-electron chi connectivity index (χ2n) is 14.8. The number of benzene rings is 2. The van der Waals surface area contributed by atoms with Gasteiger partial charge in [0.25, 0.3) is 0 Å². The highest BCUT2D eigenvalue weighted by atomic mass is 16.6. The van der Waals surface area contributed by atoms with Crippen LogP contribution in [0.4, 0.5) is 4.79 Å². The Balaban J connectivity index is 0.925. The fraction of sp³-hybridized carbons (Fsp3) is 0.708. The maximum absolute atomic E-state index is 12.6. The minimum Gasteiger partial charge on any atom is -0.463 e. The van der Waals surface area contributed by atoms with E-state index in [2.05, 4.69) is 31.2 Å². The molecule has 0 bridgehead atoms. The number of carbonyl (C=O) groups excluding carboxylic acids is 2. The van der Waals surface area contributed by atoms with Crippen LogP contribution in [0.25, 0.3) is 11.1 Å². The Labute approximate surface area is 386 Å². The van der Waals surface area contributed by atoms with Gasteiger partial charge in [-0.05, 0) is 28.7 Å². The number of ether oxygens (including phenoxy) is 14. The van der Waals surface area contributed by atoms with Gasteiger partial charge in [-0.25, -0.2) is 4.79 Å². The van der Waals surface area contributed by atoms with Crippen molar-refractivity contribution >= 4 is 12.1 Å². The summed E-state index contributed by atoms with van der Waals surface area (Å²) in [6.07, 6.45) is 3.10. The lowest BCUT2D eigenvalue weighted by atomic mass is 9.98. The van der Waals surface area contributed by atoms with E-state index in [1.807, 2.05) is 24.3 Å². The number of rotatable bonds is 45. The highest BCUT2D eigenvalue weighted by Crippen LogP contribution is 2.44. The normalized spacial score (nSPS) is 12.1. The van der Waals surface area contributed by atoms with Crippen LogP contribution in [0.2, 0.25) is 0 Å². The summed E-state index contributed by atoms with van der Waals surface area (Å²) >= 11 is 0. The molecule has 0 saturated carbocycles. The Kier molecular flexibility index (Phi) is 34.3. The molecule has 2 aromatic rings. The lowest BCUT2D eigenvalue weighted by Gasteiger charge is -2.19. The molecule has 2 aromatic carbocycles. The van der Waals surface area contributed by atoms with Gasteiger partial charge < -0.3 is 71.2 Å². The SMILES string of the molecule is CCCCCC(=O)OCCOCCOCCOCCOCCOCCOCCOCCOCCOCCOCCOCCOCCN(C)C(=O)OCC1c2ccccc2-c2ccccc21. The van der Waals surface area contributed by atoms with E-state index >= 15 is 0 Å². The summed E-state index contributed by atoms with van der Waals surface area (Å²) in [4.78, 5) is 25.7. The molecule has 1 aliphatic carbocycles. The van der Waals surface area contributed by atoms with Crippen LogP contribution in [0.5, 0.6) is 0 Å². The van der Waals surface area contributed by atoms with E-state index in [1.54, 1.807) is 7.05 Å². The van der Waals surface area contributed by atoms with Gasteiger partial charge >= 0.3 is 12.1 Å². The number of amides is 1. The molecule has 0 unspecified atom stereocenters. The third kappa shape index (κ3) is 27.8. The Morgan fingerprint density at radius 3 is 1.11 bits per heavy atom. The minimum atomic E-state index is -0.368. The van der Waals surface area contributed by atoms with Crippen molar-refractivity contribution in [1.82, 2.24) is 4.90 Å². The van der Waals surface area contributed by atoms with Gasteiger partial charge in [0.2, 0.25) is 0 Å². The van der Waals surface area contributed by atoms with Gasteiger partial charge in [0.15, 0.2) is 0 Å². The Morgan fingerprint density at radius 1 is 0.431 bits per heavy atom. The number of fused-ring (bicyclic) bond motifs is 3. The van der Waals surface area contributed by atoms with Crippen molar-refractivity contribution in [2.45, 2.75) is 38.5 Å². The van der Waals surface area contributed by atoms with Crippen LogP contribution in [0.15, 0.2) is 48.5 Å². The van der Waals surface area contributed by atoms with Crippen LogP contribution >= 0.6 is 0 Å². The lowest BCUT2D eigenvalue weighted by molar-refractivity contribution is -0.145. The van der Waals surface area contributed by atoms with E-state index in [0.717, 1.165) is 19.3 Å². The van der Waals surface area contributed by atoms with Gasteiger partial charge in [0.1, 0.15) is 13.2 Å². The first kappa shape index (κ1) is 56.0. The monoisotopic (exact) mass is 924 g/mol. The molecule has 0 spiro atoms. The Morgan fingerprint density at radius 2 is 0.754 bits per heavy atom. The smallest absolute Gasteiger partial charge is 0.409 e. The molecule has 0 N–H and O–H groups in total. The molecule has 0 radical (unpaired) electrons. The topological polar surface area (TPSA) is 167 Å². The van der Waals surface area contributed by atoms with E-state index in [1.165, 1.54) is 27.2 Å². The molecule has 0 aliphatic heterocycles. The summed E-state index contributed by atoms with van der Waals surface area (Å²) in [5.74, 6) is -0.131. The standard InChI is InChI=1S/C48H77NO16/c1-3-4-5-14-47(50)64-40-39-63-38-37-62-36-35-61-34-33-60-32-31-59-30-29-58-28-27-57-26-25-56-24-23-55-22-21-54-20-19-53-18-17-52-16-15-49(2)48(51)65-41-46-44-12-8-6-10-42(44)43-11-7-9-13-45(43)46/h6-13,46H,3-5,14-41H2,1-2H3. The average molecular weight is 924 g/mol. The number of nitrogens with zero attached hydrogens (tertiary/aromatic N) is 1. The van der Waals surface area contributed by atoms with Crippen molar-refractivity contribution in [3.05, 3.63) is 59.7 Å². The predicted octanol–water partition coefficient (Wildman–Crippen LogP) is 5.19. The quantitative estimate of drug-likeness (QED) is 0.0629. The fourth-order valence-corrected chi connectivity index (χ4v) is 6.32. The van der Waals surface area contributed by atoms with Crippen molar-refractivity contribution in [2.75, 3.05) is 185 Å². The first-order valence-corrected chi connectivity index (χ1v) is 23.3. The number of carbonyl (C=O) groups is 2. The van der Waals surface area contributed by atoms with Crippen LogP contribution in [-0.2, 0) is 71.1 Å². The number of unbranched alkanes of at least 4 members (excludes halogenated alkanes) is 2. The second-order valence-corrected chi connectivity index (χ2v) is 14.8. The predicted molar refractivity (Wildman–Crippen MR) is 243 cm³/mol. The maximum Gasteiger partial charge on any atom is 0.409 e. The largest absolute Gasteiger partial charge is 0.463 e. The van der Waals surface area contributed by atoms with Crippen LogP contribution in [0, 0.1) is 0 Å². The van der Waals surface area contributed by atoms with Gasteiger partial charge in [0.05, 0.1) is 159 Å². The number of hydrogen-bond donors (Lipinski definition) is 0. The first-order chi connectivity index (χ1) is 32.1. The lowest BCUT2D eigenvalue weighted by Crippen LogP contribution is -2.32. The van der Waals surface area contributed by atoms with E-state index in [9.17, 15) is 9.59 Å². The zero-order valence-electron chi connectivity index (χ0n) is 39.1. The molecule has 1 aliphatic rings. The highest BCUT2D eigenvalue weighted by Gasteiger charge is 2.29. The average Bonchev–Trinajstić information content (AvgIpc) is 3.64. The number of esters is 1. The molecule has 17 heteroatoms. The molecule has 370 valence electrons. The van der Waals surface area contributed by atoms with Crippen molar-refractivity contribution in [3.63, 3.8) is 0 Å². The van der Waals surface area contributed by atoms with E-state index in [-0.39, 0.29) is 24.6 Å². The minimum absolute atomic E-state index is 0.0333. The van der Waals surface area contributed by atoms with E-state index < -0.39 is 0 Å². The van der Waals surface area contributed by atoms with Crippen molar-refractivity contribution < 1.29 is 75.9 Å². The molecular formula is C48H77NO16. The molecule has 17 nitrogen and oxygen atoms in total. The maximum atomic E-state index is 12.6. The first-order valence-electron chi connectivity index (χ1n) is 23.3. The summed E-state index contributed by atoms with van der Waals surface area (Å²) in [6, 6.07) is 16.6. The zero-order chi connectivity index (χ0) is 46.1. The summed E-state index contributed by atoms with van der Waals surface area (Å²) < 4.78 is 76.9. The molecule has 65 heavy (non-hydrogen) atoms. The van der Waals surface area contributed by atoms with Crippen molar-refractivity contribution in [3.8, 4) is 11.1 Å².